The highest BCUT2D eigenvalue weighted by Gasteiger charge is 2.09. The maximum atomic E-state index is 12.2. The Morgan fingerprint density at radius 3 is 2.00 bits per heavy atom. The summed E-state index contributed by atoms with van der Waals surface area (Å²) in [6.07, 6.45) is 1.53. The van der Waals surface area contributed by atoms with Crippen molar-refractivity contribution in [3.05, 3.63) is 59.7 Å². The Kier molecular flexibility index (Phi) is 5.37. The van der Waals surface area contributed by atoms with Crippen LogP contribution in [0.5, 0.6) is 11.5 Å². The summed E-state index contributed by atoms with van der Waals surface area (Å²) in [5, 5.41) is 11.9. The van der Waals surface area contributed by atoms with Crippen molar-refractivity contribution < 1.29 is 14.3 Å². The summed E-state index contributed by atoms with van der Waals surface area (Å²) in [5.41, 5.74) is 1.35. The SMILES string of the molecule is COc1ccc(/C=C(\C#N)C(=O)Nc2ccc(OC)cc2)cc1. The lowest BCUT2D eigenvalue weighted by molar-refractivity contribution is -0.112. The number of hydrogen-bond donors (Lipinski definition) is 1. The van der Waals surface area contributed by atoms with E-state index in [-0.39, 0.29) is 5.57 Å². The van der Waals surface area contributed by atoms with Crippen LogP contribution < -0.4 is 14.8 Å². The minimum absolute atomic E-state index is 0.0194. The highest BCUT2D eigenvalue weighted by Crippen LogP contribution is 2.17. The van der Waals surface area contributed by atoms with Gasteiger partial charge in [0, 0.05) is 5.69 Å². The van der Waals surface area contributed by atoms with Crippen LogP contribution in [0.2, 0.25) is 0 Å². The molecule has 0 heterocycles. The van der Waals surface area contributed by atoms with Crippen molar-refractivity contribution in [1.82, 2.24) is 0 Å². The molecular weight excluding hydrogens is 292 g/mol. The molecule has 0 unspecified atom stereocenters. The van der Waals surface area contributed by atoms with Crippen molar-refractivity contribution in [2.75, 3.05) is 19.5 Å². The van der Waals surface area contributed by atoms with Gasteiger partial charge >= 0.3 is 0 Å². The van der Waals surface area contributed by atoms with E-state index in [1.165, 1.54) is 6.08 Å². The van der Waals surface area contributed by atoms with Crippen LogP contribution in [0.3, 0.4) is 0 Å². The Balaban J connectivity index is 2.13. The smallest absolute Gasteiger partial charge is 0.266 e. The summed E-state index contributed by atoms with van der Waals surface area (Å²) in [6.45, 7) is 0. The van der Waals surface area contributed by atoms with Gasteiger partial charge in [0.25, 0.3) is 5.91 Å². The number of methoxy groups -OCH3 is 2. The van der Waals surface area contributed by atoms with Gasteiger partial charge in [-0.2, -0.15) is 5.26 Å². The number of nitrogens with zero attached hydrogens (tertiary/aromatic N) is 1. The molecule has 0 fully saturated rings. The van der Waals surface area contributed by atoms with Gasteiger partial charge in [-0.1, -0.05) is 12.1 Å². The number of carbonyl (C=O) groups is 1. The molecule has 0 radical (unpaired) electrons. The van der Waals surface area contributed by atoms with Crippen LogP contribution in [0, 0.1) is 11.3 Å². The van der Waals surface area contributed by atoms with Crippen molar-refractivity contribution in [1.29, 1.82) is 5.26 Å². The molecule has 0 aliphatic heterocycles. The van der Waals surface area contributed by atoms with Gasteiger partial charge in [0.05, 0.1) is 14.2 Å². The molecule has 0 saturated carbocycles. The lowest BCUT2D eigenvalue weighted by Crippen LogP contribution is -2.13. The Labute approximate surface area is 134 Å². The predicted octanol–water partition coefficient (Wildman–Crippen LogP) is 3.25. The first kappa shape index (κ1) is 16.1. The average molecular weight is 308 g/mol. The lowest BCUT2D eigenvalue weighted by atomic mass is 10.1. The van der Waals surface area contributed by atoms with Crippen molar-refractivity contribution in [2.24, 2.45) is 0 Å². The second kappa shape index (κ2) is 7.66. The lowest BCUT2D eigenvalue weighted by Gasteiger charge is -2.06. The zero-order valence-corrected chi connectivity index (χ0v) is 12.9. The number of ether oxygens (including phenoxy) is 2. The summed E-state index contributed by atoms with van der Waals surface area (Å²) < 4.78 is 10.1. The number of nitriles is 1. The van der Waals surface area contributed by atoms with E-state index in [4.69, 9.17) is 9.47 Å². The zero-order valence-electron chi connectivity index (χ0n) is 12.9. The minimum Gasteiger partial charge on any atom is -0.497 e. The van der Waals surface area contributed by atoms with Gasteiger partial charge in [-0.3, -0.25) is 4.79 Å². The highest BCUT2D eigenvalue weighted by atomic mass is 16.5. The molecule has 2 aromatic carbocycles. The quantitative estimate of drug-likeness (QED) is 0.680. The number of nitrogens with one attached hydrogen (secondary N) is 1. The second-order valence-electron chi connectivity index (χ2n) is 4.63. The summed E-state index contributed by atoms with van der Waals surface area (Å²) >= 11 is 0. The molecule has 0 aliphatic carbocycles. The number of amides is 1. The summed E-state index contributed by atoms with van der Waals surface area (Å²) in [7, 11) is 3.15. The third-order valence-corrected chi connectivity index (χ3v) is 3.14. The first-order chi connectivity index (χ1) is 11.2. The van der Waals surface area contributed by atoms with Crippen LogP contribution in [0.1, 0.15) is 5.56 Å². The van der Waals surface area contributed by atoms with E-state index < -0.39 is 5.91 Å². The Morgan fingerprint density at radius 1 is 1.00 bits per heavy atom. The first-order valence-corrected chi connectivity index (χ1v) is 6.87. The predicted molar refractivity (Wildman–Crippen MR) is 88.2 cm³/mol. The molecule has 5 heteroatoms. The number of rotatable bonds is 5. The molecule has 2 aromatic rings. The van der Waals surface area contributed by atoms with E-state index in [2.05, 4.69) is 5.32 Å². The first-order valence-electron chi connectivity index (χ1n) is 6.87. The minimum atomic E-state index is -0.464. The molecule has 1 amide bonds. The third kappa shape index (κ3) is 4.35. The molecule has 0 bridgehead atoms. The fourth-order valence-corrected chi connectivity index (χ4v) is 1.89. The molecule has 0 atom stereocenters. The molecule has 0 spiro atoms. The molecule has 0 aromatic heterocycles. The maximum absolute atomic E-state index is 12.2. The summed E-state index contributed by atoms with van der Waals surface area (Å²) in [5.74, 6) is 0.939. The number of carbonyl (C=O) groups excluding carboxylic acids is 1. The molecule has 116 valence electrons. The van der Waals surface area contributed by atoms with E-state index in [1.54, 1.807) is 62.8 Å². The Bertz CT molecular complexity index is 741. The van der Waals surface area contributed by atoms with Crippen molar-refractivity contribution in [3.8, 4) is 17.6 Å². The van der Waals surface area contributed by atoms with Crippen LogP contribution >= 0.6 is 0 Å². The molecule has 23 heavy (non-hydrogen) atoms. The molecule has 0 saturated heterocycles. The van der Waals surface area contributed by atoms with Crippen LogP contribution in [-0.4, -0.2) is 20.1 Å². The monoisotopic (exact) mass is 308 g/mol. The normalized spacial score (nSPS) is 10.6. The van der Waals surface area contributed by atoms with Crippen LogP contribution in [0.25, 0.3) is 6.08 Å². The molecular formula is C18H16N2O3. The average Bonchev–Trinajstić information content (AvgIpc) is 2.60. The number of benzene rings is 2. The maximum Gasteiger partial charge on any atom is 0.266 e. The third-order valence-electron chi connectivity index (χ3n) is 3.14. The standard InChI is InChI=1S/C18H16N2O3/c1-22-16-7-3-13(4-8-16)11-14(12-19)18(21)20-15-5-9-17(23-2)10-6-15/h3-11H,1-2H3,(H,20,21)/b14-11+. The van der Waals surface area contributed by atoms with Crippen molar-refractivity contribution in [3.63, 3.8) is 0 Å². The highest BCUT2D eigenvalue weighted by molar-refractivity contribution is 6.09. The number of anilines is 1. The fourth-order valence-electron chi connectivity index (χ4n) is 1.89. The zero-order chi connectivity index (χ0) is 16.7. The molecule has 5 nitrogen and oxygen atoms in total. The Hall–Kier alpha value is -3.26. The van der Waals surface area contributed by atoms with Gasteiger partial charge in [-0.05, 0) is 48.0 Å². The van der Waals surface area contributed by atoms with Gasteiger partial charge < -0.3 is 14.8 Å². The number of hydrogen-bond acceptors (Lipinski definition) is 4. The van der Waals surface area contributed by atoms with Gasteiger partial charge in [0.15, 0.2) is 0 Å². The van der Waals surface area contributed by atoms with Crippen molar-refractivity contribution in [2.45, 2.75) is 0 Å². The molecule has 0 aliphatic rings. The van der Waals surface area contributed by atoms with E-state index >= 15 is 0 Å². The second-order valence-corrected chi connectivity index (χ2v) is 4.63. The van der Waals surface area contributed by atoms with E-state index in [0.29, 0.717) is 17.2 Å². The van der Waals surface area contributed by atoms with Crippen molar-refractivity contribution >= 4 is 17.7 Å². The van der Waals surface area contributed by atoms with Crippen LogP contribution in [0.15, 0.2) is 54.1 Å². The fraction of sp³-hybridized carbons (Fsp3) is 0.111. The largest absolute Gasteiger partial charge is 0.497 e. The van der Waals surface area contributed by atoms with E-state index in [1.807, 2.05) is 6.07 Å². The summed E-state index contributed by atoms with van der Waals surface area (Å²) in [6, 6.07) is 15.9. The Morgan fingerprint density at radius 2 is 1.52 bits per heavy atom. The van der Waals surface area contributed by atoms with Gasteiger partial charge in [-0.15, -0.1) is 0 Å². The van der Waals surface area contributed by atoms with Gasteiger partial charge in [-0.25, -0.2) is 0 Å². The molecule has 1 N–H and O–H groups in total. The van der Waals surface area contributed by atoms with Crippen LogP contribution in [-0.2, 0) is 4.79 Å². The van der Waals surface area contributed by atoms with Gasteiger partial charge in [0.1, 0.15) is 23.1 Å². The van der Waals surface area contributed by atoms with E-state index in [0.717, 1.165) is 5.56 Å². The van der Waals surface area contributed by atoms with Gasteiger partial charge in [0.2, 0.25) is 0 Å². The molecule has 2 rings (SSSR count). The van der Waals surface area contributed by atoms with E-state index in [9.17, 15) is 10.1 Å². The van der Waals surface area contributed by atoms with Crippen LogP contribution in [0.4, 0.5) is 5.69 Å². The summed E-state index contributed by atoms with van der Waals surface area (Å²) in [4.78, 5) is 12.2. The topological polar surface area (TPSA) is 71.3 Å².